The first kappa shape index (κ1) is 15.5. The van der Waals surface area contributed by atoms with Crippen molar-refractivity contribution < 1.29 is 9.59 Å². The lowest BCUT2D eigenvalue weighted by atomic mass is 9.95. The maximum Gasteiger partial charge on any atom is 0.228 e. The lowest BCUT2D eigenvalue weighted by molar-refractivity contribution is -0.137. The normalized spacial score (nSPS) is 16.1. The number of hydrogen-bond donors (Lipinski definition) is 1. The summed E-state index contributed by atoms with van der Waals surface area (Å²) in [5.74, 6) is 0.759. The van der Waals surface area contributed by atoms with Crippen LogP contribution in [-0.4, -0.2) is 34.8 Å². The minimum atomic E-state index is -0.0384. The second kappa shape index (κ2) is 6.70. The van der Waals surface area contributed by atoms with E-state index in [4.69, 9.17) is 0 Å². The van der Waals surface area contributed by atoms with E-state index in [2.05, 4.69) is 10.3 Å². The molecule has 1 saturated heterocycles. The Morgan fingerprint density at radius 3 is 2.52 bits per heavy atom. The van der Waals surface area contributed by atoms with Gasteiger partial charge in [-0.15, -0.1) is 0 Å². The Labute approximate surface area is 125 Å². The number of nitrogens with one attached hydrogen (secondary N) is 1. The zero-order valence-electron chi connectivity index (χ0n) is 12.9. The molecule has 2 heterocycles. The molecule has 1 aliphatic rings. The number of aromatic nitrogens is 1. The largest absolute Gasteiger partial charge is 0.342 e. The number of pyridine rings is 1. The van der Waals surface area contributed by atoms with Gasteiger partial charge in [0.15, 0.2) is 0 Å². The van der Waals surface area contributed by atoms with Crippen LogP contribution >= 0.6 is 0 Å². The third-order valence-electron chi connectivity index (χ3n) is 3.81. The summed E-state index contributed by atoms with van der Waals surface area (Å²) in [6.45, 7) is 7.04. The van der Waals surface area contributed by atoms with Gasteiger partial charge in [0.05, 0.1) is 0 Å². The Bertz CT molecular complexity index is 520. The first-order chi connectivity index (χ1) is 9.97. The van der Waals surface area contributed by atoms with Crippen LogP contribution < -0.4 is 5.32 Å². The first-order valence-corrected chi connectivity index (χ1v) is 7.50. The molecule has 2 amide bonds. The van der Waals surface area contributed by atoms with Gasteiger partial charge in [0.1, 0.15) is 5.82 Å². The van der Waals surface area contributed by atoms with E-state index >= 15 is 0 Å². The second-order valence-corrected chi connectivity index (χ2v) is 5.91. The molecule has 1 aromatic heterocycles. The zero-order valence-corrected chi connectivity index (χ0v) is 12.9. The van der Waals surface area contributed by atoms with E-state index in [1.54, 1.807) is 6.07 Å². The number of hydrogen-bond acceptors (Lipinski definition) is 3. The summed E-state index contributed by atoms with van der Waals surface area (Å²) >= 11 is 0. The topological polar surface area (TPSA) is 62.3 Å². The molecule has 0 aliphatic carbocycles. The lowest BCUT2D eigenvalue weighted by Gasteiger charge is -2.32. The molecule has 0 unspecified atom stereocenters. The molecular formula is C16H23N3O2. The molecule has 5 heteroatoms. The van der Waals surface area contributed by atoms with Crippen LogP contribution in [-0.2, 0) is 9.59 Å². The summed E-state index contributed by atoms with van der Waals surface area (Å²) in [5.41, 5.74) is 0.880. The van der Waals surface area contributed by atoms with Crippen LogP contribution in [0.25, 0.3) is 0 Å². The highest BCUT2D eigenvalue weighted by Gasteiger charge is 2.28. The highest BCUT2D eigenvalue weighted by atomic mass is 16.2. The van der Waals surface area contributed by atoms with Crippen molar-refractivity contribution in [1.82, 2.24) is 9.88 Å². The molecule has 114 valence electrons. The van der Waals surface area contributed by atoms with Gasteiger partial charge in [0.2, 0.25) is 11.8 Å². The van der Waals surface area contributed by atoms with E-state index in [1.165, 1.54) is 0 Å². The Balaban J connectivity index is 1.87. The summed E-state index contributed by atoms with van der Waals surface area (Å²) in [5, 5.41) is 2.87. The Morgan fingerprint density at radius 2 is 1.95 bits per heavy atom. The van der Waals surface area contributed by atoms with E-state index in [9.17, 15) is 9.59 Å². The van der Waals surface area contributed by atoms with Crippen molar-refractivity contribution in [2.75, 3.05) is 18.4 Å². The number of carbonyl (C=O) groups excluding carboxylic acids is 2. The average Bonchev–Trinajstić information content (AvgIpc) is 2.46. The van der Waals surface area contributed by atoms with Crippen molar-refractivity contribution in [3.63, 3.8) is 0 Å². The third-order valence-corrected chi connectivity index (χ3v) is 3.81. The van der Waals surface area contributed by atoms with Gasteiger partial charge in [-0.05, 0) is 31.9 Å². The van der Waals surface area contributed by atoms with E-state index < -0.39 is 0 Å². The fourth-order valence-corrected chi connectivity index (χ4v) is 2.57. The van der Waals surface area contributed by atoms with E-state index in [0.717, 1.165) is 18.5 Å². The van der Waals surface area contributed by atoms with Gasteiger partial charge in [-0.2, -0.15) is 0 Å². The fourth-order valence-electron chi connectivity index (χ4n) is 2.57. The molecule has 1 fully saturated rings. The molecule has 5 nitrogen and oxygen atoms in total. The maximum atomic E-state index is 12.2. The van der Waals surface area contributed by atoms with Crippen LogP contribution in [0.15, 0.2) is 18.2 Å². The number of piperidine rings is 1. The molecule has 2 rings (SSSR count). The quantitative estimate of drug-likeness (QED) is 0.928. The molecular weight excluding hydrogens is 266 g/mol. The van der Waals surface area contributed by atoms with Crippen molar-refractivity contribution >= 4 is 17.6 Å². The number of carbonyl (C=O) groups is 2. The van der Waals surface area contributed by atoms with E-state index in [0.29, 0.717) is 18.9 Å². The number of aryl methyl sites for hydroxylation is 1. The third kappa shape index (κ3) is 4.03. The van der Waals surface area contributed by atoms with Crippen LogP contribution in [0.1, 0.15) is 32.4 Å². The second-order valence-electron chi connectivity index (χ2n) is 5.91. The van der Waals surface area contributed by atoms with E-state index in [1.807, 2.05) is 37.8 Å². The number of anilines is 1. The molecule has 1 aromatic rings. The van der Waals surface area contributed by atoms with Gasteiger partial charge in [-0.1, -0.05) is 19.9 Å². The predicted octanol–water partition coefficient (Wildman–Crippen LogP) is 2.22. The molecule has 0 aromatic carbocycles. The monoisotopic (exact) mass is 289 g/mol. The van der Waals surface area contributed by atoms with Crippen LogP contribution in [0.3, 0.4) is 0 Å². The molecule has 0 bridgehead atoms. The molecule has 0 atom stereocenters. The van der Waals surface area contributed by atoms with Gasteiger partial charge < -0.3 is 10.2 Å². The number of amides is 2. The minimum Gasteiger partial charge on any atom is -0.342 e. The lowest BCUT2D eigenvalue weighted by Crippen LogP contribution is -2.43. The Hall–Kier alpha value is -1.91. The Kier molecular flexibility index (Phi) is 4.94. The predicted molar refractivity (Wildman–Crippen MR) is 81.7 cm³/mol. The van der Waals surface area contributed by atoms with Crippen LogP contribution in [0.5, 0.6) is 0 Å². The molecule has 0 radical (unpaired) electrons. The zero-order chi connectivity index (χ0) is 15.4. The average molecular weight is 289 g/mol. The SMILES string of the molecule is Cc1cccc(NC(=O)C2CCN(C(=O)C(C)C)CC2)n1. The number of rotatable bonds is 3. The van der Waals surface area contributed by atoms with Crippen molar-refractivity contribution in [2.24, 2.45) is 11.8 Å². The standard InChI is InChI=1S/C16H23N3O2/c1-11(2)16(21)19-9-7-13(8-10-19)15(20)18-14-6-4-5-12(3)17-14/h4-6,11,13H,7-10H2,1-3H3,(H,17,18,20). The molecule has 0 saturated carbocycles. The summed E-state index contributed by atoms with van der Waals surface area (Å²) in [7, 11) is 0. The van der Waals surface area contributed by atoms with Gasteiger partial charge in [-0.25, -0.2) is 4.98 Å². The molecule has 1 N–H and O–H groups in total. The molecule has 1 aliphatic heterocycles. The van der Waals surface area contributed by atoms with Gasteiger partial charge >= 0.3 is 0 Å². The highest BCUT2D eigenvalue weighted by molar-refractivity contribution is 5.92. The van der Waals surface area contributed by atoms with Crippen molar-refractivity contribution in [1.29, 1.82) is 0 Å². The molecule has 21 heavy (non-hydrogen) atoms. The van der Waals surface area contributed by atoms with Crippen molar-refractivity contribution in [2.45, 2.75) is 33.6 Å². The first-order valence-electron chi connectivity index (χ1n) is 7.50. The summed E-state index contributed by atoms with van der Waals surface area (Å²) in [4.78, 5) is 30.3. The smallest absolute Gasteiger partial charge is 0.228 e. The van der Waals surface area contributed by atoms with E-state index in [-0.39, 0.29) is 23.7 Å². The number of nitrogens with zero attached hydrogens (tertiary/aromatic N) is 2. The van der Waals surface area contributed by atoms with Gasteiger partial charge in [0, 0.05) is 30.6 Å². The van der Waals surface area contributed by atoms with Gasteiger partial charge in [-0.3, -0.25) is 9.59 Å². The minimum absolute atomic E-state index is 0.00439. The van der Waals surface area contributed by atoms with Crippen LogP contribution in [0.2, 0.25) is 0 Å². The highest BCUT2D eigenvalue weighted by Crippen LogP contribution is 2.20. The summed E-state index contributed by atoms with van der Waals surface area (Å²) < 4.78 is 0. The molecule has 0 spiro atoms. The summed E-state index contributed by atoms with van der Waals surface area (Å²) in [6, 6.07) is 5.57. The summed E-state index contributed by atoms with van der Waals surface area (Å²) in [6.07, 6.45) is 1.44. The van der Waals surface area contributed by atoms with Crippen LogP contribution in [0, 0.1) is 18.8 Å². The fraction of sp³-hybridized carbons (Fsp3) is 0.562. The Morgan fingerprint density at radius 1 is 1.29 bits per heavy atom. The number of likely N-dealkylation sites (tertiary alicyclic amines) is 1. The van der Waals surface area contributed by atoms with Gasteiger partial charge in [0.25, 0.3) is 0 Å². The maximum absolute atomic E-state index is 12.2. The van der Waals surface area contributed by atoms with Crippen molar-refractivity contribution in [3.8, 4) is 0 Å². The van der Waals surface area contributed by atoms with Crippen LogP contribution in [0.4, 0.5) is 5.82 Å². The van der Waals surface area contributed by atoms with Crippen molar-refractivity contribution in [3.05, 3.63) is 23.9 Å².